The summed E-state index contributed by atoms with van der Waals surface area (Å²) in [5.74, 6) is 0.506. The van der Waals surface area contributed by atoms with E-state index in [0.717, 1.165) is 35.5 Å². The number of methoxy groups -OCH3 is 1. The molecular formula is C25H31FN4O2S. The van der Waals surface area contributed by atoms with Crippen molar-refractivity contribution >= 4 is 16.6 Å². The van der Waals surface area contributed by atoms with E-state index < -0.39 is 10.8 Å². The van der Waals surface area contributed by atoms with Gasteiger partial charge in [0.05, 0.1) is 34.8 Å². The summed E-state index contributed by atoms with van der Waals surface area (Å²) in [6.45, 7) is 2.45. The molecule has 1 N–H and O–H groups in total. The molecule has 1 aliphatic rings. The zero-order chi connectivity index (χ0) is 23.4. The number of benzene rings is 1. The fraction of sp³-hybridized carbons (Fsp3) is 0.440. The maximum Gasteiger partial charge on any atom is 0.199 e. The molecule has 1 fully saturated rings. The van der Waals surface area contributed by atoms with E-state index in [-0.39, 0.29) is 11.9 Å². The van der Waals surface area contributed by atoms with E-state index in [4.69, 9.17) is 9.72 Å². The first-order chi connectivity index (χ1) is 16.0. The molecule has 1 aliphatic carbocycles. The number of imidazole rings is 1. The summed E-state index contributed by atoms with van der Waals surface area (Å²) in [4.78, 5) is 9.31. The average molecular weight is 471 g/mol. The average Bonchev–Trinajstić information content (AvgIpc) is 3.19. The standard InChI is InChI=1S/C25H31FN4O2S/c1-17(32-2)16-30-24(19-13-14-27-22(15-19)28-21-7-5-4-6-8-21)23(29-25(30)33(3)31)18-9-11-20(26)12-10-18/h9-15,17,21H,4-8,16H2,1-3H3,(H,27,28). The van der Waals surface area contributed by atoms with E-state index in [1.807, 2.05) is 23.6 Å². The normalized spacial score (nSPS) is 16.5. The topological polar surface area (TPSA) is 69.0 Å². The minimum absolute atomic E-state index is 0.108. The molecule has 0 aliphatic heterocycles. The van der Waals surface area contributed by atoms with Crippen molar-refractivity contribution in [2.45, 2.75) is 62.9 Å². The summed E-state index contributed by atoms with van der Waals surface area (Å²) in [6, 6.07) is 10.6. The predicted octanol–water partition coefficient (Wildman–Crippen LogP) is 5.27. The first-order valence-electron chi connectivity index (χ1n) is 11.4. The minimum Gasteiger partial charge on any atom is -0.380 e. The van der Waals surface area contributed by atoms with Crippen molar-refractivity contribution in [1.29, 1.82) is 0 Å². The quantitative estimate of drug-likeness (QED) is 0.486. The molecule has 33 heavy (non-hydrogen) atoms. The van der Waals surface area contributed by atoms with E-state index in [0.29, 0.717) is 23.4 Å². The summed E-state index contributed by atoms with van der Waals surface area (Å²) >= 11 is 0. The van der Waals surface area contributed by atoms with Crippen molar-refractivity contribution in [2.75, 3.05) is 18.7 Å². The lowest BCUT2D eigenvalue weighted by Crippen LogP contribution is -2.22. The molecule has 2 unspecified atom stereocenters. The molecule has 8 heteroatoms. The highest BCUT2D eigenvalue weighted by Crippen LogP contribution is 2.35. The van der Waals surface area contributed by atoms with Crippen LogP contribution in [0, 0.1) is 5.82 Å². The van der Waals surface area contributed by atoms with Crippen LogP contribution in [0.1, 0.15) is 39.0 Å². The first kappa shape index (κ1) is 23.6. The monoisotopic (exact) mass is 470 g/mol. The van der Waals surface area contributed by atoms with Gasteiger partial charge in [0.1, 0.15) is 11.6 Å². The van der Waals surface area contributed by atoms with Crippen molar-refractivity contribution in [1.82, 2.24) is 14.5 Å². The van der Waals surface area contributed by atoms with Crippen LogP contribution >= 0.6 is 0 Å². The molecule has 6 nitrogen and oxygen atoms in total. The van der Waals surface area contributed by atoms with Gasteiger partial charge in [0.2, 0.25) is 0 Å². The van der Waals surface area contributed by atoms with Crippen LogP contribution in [0.5, 0.6) is 0 Å². The zero-order valence-electron chi connectivity index (χ0n) is 19.4. The van der Waals surface area contributed by atoms with Crippen LogP contribution in [-0.4, -0.2) is 44.3 Å². The second-order valence-electron chi connectivity index (χ2n) is 8.62. The Hall–Kier alpha value is -2.58. The SMILES string of the molecule is COC(C)Cn1c(S(C)=O)nc(-c2ccc(F)cc2)c1-c1ccnc(NC2CCCCC2)c1. The van der Waals surface area contributed by atoms with Gasteiger partial charge < -0.3 is 14.6 Å². The molecule has 2 aromatic heterocycles. The molecule has 2 atom stereocenters. The highest BCUT2D eigenvalue weighted by atomic mass is 32.2. The van der Waals surface area contributed by atoms with Gasteiger partial charge in [-0.25, -0.2) is 14.4 Å². The van der Waals surface area contributed by atoms with E-state index >= 15 is 0 Å². The minimum atomic E-state index is -1.32. The number of pyridine rings is 1. The fourth-order valence-electron chi connectivity index (χ4n) is 4.37. The predicted molar refractivity (Wildman–Crippen MR) is 130 cm³/mol. The Morgan fingerprint density at radius 2 is 1.91 bits per heavy atom. The molecular weight excluding hydrogens is 439 g/mol. The fourth-order valence-corrected chi connectivity index (χ4v) is 5.06. The van der Waals surface area contributed by atoms with Gasteiger partial charge in [-0.1, -0.05) is 19.3 Å². The van der Waals surface area contributed by atoms with Crippen LogP contribution in [0.4, 0.5) is 10.2 Å². The Labute approximate surface area is 197 Å². The number of hydrogen-bond donors (Lipinski definition) is 1. The number of aromatic nitrogens is 3. The molecule has 0 spiro atoms. The molecule has 2 heterocycles. The molecule has 176 valence electrons. The van der Waals surface area contributed by atoms with Gasteiger partial charge >= 0.3 is 0 Å². The maximum absolute atomic E-state index is 13.6. The number of hydrogen-bond acceptors (Lipinski definition) is 5. The van der Waals surface area contributed by atoms with Crippen molar-refractivity contribution in [3.8, 4) is 22.5 Å². The Bertz CT molecular complexity index is 1110. The van der Waals surface area contributed by atoms with Crippen LogP contribution < -0.4 is 5.32 Å². The van der Waals surface area contributed by atoms with E-state index in [1.54, 1.807) is 31.7 Å². The van der Waals surface area contributed by atoms with Crippen LogP contribution in [0.15, 0.2) is 47.8 Å². The second-order valence-corrected chi connectivity index (χ2v) is 9.89. The van der Waals surface area contributed by atoms with Crippen LogP contribution in [0.3, 0.4) is 0 Å². The van der Waals surface area contributed by atoms with Gasteiger partial charge in [0.25, 0.3) is 0 Å². The number of halogens is 1. The summed E-state index contributed by atoms with van der Waals surface area (Å²) in [6.07, 6.45) is 9.36. The summed E-state index contributed by atoms with van der Waals surface area (Å²) < 4.78 is 33.7. The number of anilines is 1. The van der Waals surface area contributed by atoms with Crippen molar-refractivity contribution in [3.05, 3.63) is 48.4 Å². The van der Waals surface area contributed by atoms with E-state index in [2.05, 4.69) is 10.3 Å². The van der Waals surface area contributed by atoms with E-state index in [9.17, 15) is 8.60 Å². The van der Waals surface area contributed by atoms with Crippen molar-refractivity contribution in [3.63, 3.8) is 0 Å². The molecule has 0 saturated heterocycles. The third-order valence-electron chi connectivity index (χ3n) is 6.14. The number of nitrogens with zero attached hydrogens (tertiary/aromatic N) is 3. The molecule has 4 rings (SSSR count). The Kier molecular flexibility index (Phi) is 7.55. The van der Waals surface area contributed by atoms with Gasteiger partial charge in [0.15, 0.2) is 5.16 Å². The first-order valence-corrected chi connectivity index (χ1v) is 13.0. The zero-order valence-corrected chi connectivity index (χ0v) is 20.2. The number of nitrogens with one attached hydrogen (secondary N) is 1. The lowest BCUT2D eigenvalue weighted by molar-refractivity contribution is 0.101. The lowest BCUT2D eigenvalue weighted by atomic mass is 9.95. The number of ether oxygens (including phenoxy) is 1. The highest BCUT2D eigenvalue weighted by molar-refractivity contribution is 7.84. The van der Waals surface area contributed by atoms with E-state index in [1.165, 1.54) is 31.4 Å². The highest BCUT2D eigenvalue weighted by Gasteiger charge is 2.24. The summed E-state index contributed by atoms with van der Waals surface area (Å²) in [5.41, 5.74) is 3.17. The van der Waals surface area contributed by atoms with Crippen LogP contribution in [0.25, 0.3) is 22.5 Å². The smallest absolute Gasteiger partial charge is 0.199 e. The molecule has 3 aromatic rings. The van der Waals surface area contributed by atoms with Gasteiger partial charge in [-0.15, -0.1) is 0 Å². The number of rotatable bonds is 8. The molecule has 1 aromatic carbocycles. The maximum atomic E-state index is 13.6. The van der Waals surface area contributed by atoms with Crippen molar-refractivity contribution in [2.24, 2.45) is 0 Å². The Balaban J connectivity index is 1.83. The molecule has 0 radical (unpaired) electrons. The summed E-state index contributed by atoms with van der Waals surface area (Å²) in [5, 5.41) is 4.05. The Morgan fingerprint density at radius 1 is 1.18 bits per heavy atom. The Morgan fingerprint density at radius 3 is 2.58 bits per heavy atom. The van der Waals surface area contributed by atoms with Gasteiger partial charge in [0, 0.05) is 36.7 Å². The lowest BCUT2D eigenvalue weighted by Gasteiger charge is -2.23. The van der Waals surface area contributed by atoms with Crippen LogP contribution in [0.2, 0.25) is 0 Å². The third kappa shape index (κ3) is 5.50. The summed E-state index contributed by atoms with van der Waals surface area (Å²) in [7, 11) is 0.336. The third-order valence-corrected chi connectivity index (χ3v) is 6.97. The van der Waals surface area contributed by atoms with Crippen molar-refractivity contribution < 1.29 is 13.3 Å². The second kappa shape index (κ2) is 10.6. The molecule has 0 amide bonds. The molecule has 1 saturated carbocycles. The van der Waals surface area contributed by atoms with Gasteiger partial charge in [-0.3, -0.25) is 4.21 Å². The van der Waals surface area contributed by atoms with Gasteiger partial charge in [-0.05, 0) is 56.2 Å². The largest absolute Gasteiger partial charge is 0.380 e. The van der Waals surface area contributed by atoms with Crippen LogP contribution in [-0.2, 0) is 22.1 Å². The van der Waals surface area contributed by atoms with Gasteiger partial charge in [-0.2, -0.15) is 0 Å². The molecule has 0 bridgehead atoms.